The van der Waals surface area contributed by atoms with Crippen LogP contribution in [0.25, 0.3) is 20.5 Å². The Morgan fingerprint density at radius 3 is 2.61 bits per heavy atom. The van der Waals surface area contributed by atoms with Gasteiger partial charge in [-0.25, -0.2) is 8.78 Å². The van der Waals surface area contributed by atoms with Crippen LogP contribution < -0.4 is 4.74 Å². The van der Waals surface area contributed by atoms with E-state index in [9.17, 15) is 8.78 Å². The second kappa shape index (κ2) is 9.48. The molecule has 28 heavy (non-hydrogen) atoms. The van der Waals surface area contributed by atoms with Crippen LogP contribution in [0.4, 0.5) is 8.78 Å². The van der Waals surface area contributed by atoms with E-state index in [1.54, 1.807) is 11.3 Å². The van der Waals surface area contributed by atoms with Crippen LogP contribution in [0.3, 0.4) is 0 Å². The first-order valence-electron chi connectivity index (χ1n) is 9.76. The summed E-state index contributed by atoms with van der Waals surface area (Å²) in [6, 6.07) is 16.5. The number of aryl methyl sites for hydroxylation is 1. The molecule has 5 heteroatoms. The van der Waals surface area contributed by atoms with Crippen molar-refractivity contribution in [2.45, 2.75) is 45.0 Å². The third-order valence-electron chi connectivity index (χ3n) is 4.81. The first-order valence-corrected chi connectivity index (χ1v) is 10.6. The SMILES string of the molecule is CCc1ccccc1-c1cc2ccc(OCCCC(F)(F)CCCO)cc2s1. The largest absolute Gasteiger partial charge is 0.494 e. The van der Waals surface area contributed by atoms with Gasteiger partial charge < -0.3 is 9.84 Å². The molecule has 1 N–H and O–H groups in total. The molecule has 150 valence electrons. The highest BCUT2D eigenvalue weighted by Crippen LogP contribution is 2.37. The van der Waals surface area contributed by atoms with E-state index in [0.717, 1.165) is 16.5 Å². The van der Waals surface area contributed by atoms with E-state index in [4.69, 9.17) is 9.84 Å². The highest BCUT2D eigenvalue weighted by atomic mass is 32.1. The summed E-state index contributed by atoms with van der Waals surface area (Å²) < 4.78 is 34.0. The lowest BCUT2D eigenvalue weighted by Gasteiger charge is -2.15. The maximum Gasteiger partial charge on any atom is 0.248 e. The Morgan fingerprint density at radius 1 is 1.04 bits per heavy atom. The van der Waals surface area contributed by atoms with Gasteiger partial charge in [0, 0.05) is 29.0 Å². The van der Waals surface area contributed by atoms with Gasteiger partial charge in [-0.05, 0) is 60.0 Å². The Bertz CT molecular complexity index is 905. The molecular weight excluding hydrogens is 378 g/mol. The zero-order valence-corrected chi connectivity index (χ0v) is 16.9. The standard InChI is InChI=1S/C23H26F2O2S/c1-2-17-7-3-4-8-20(17)22-15-18-9-10-19(16-21(18)28-22)27-14-6-12-23(24,25)11-5-13-26/h3-4,7-10,15-16,26H,2,5-6,11-14H2,1H3. The predicted molar refractivity (Wildman–Crippen MR) is 113 cm³/mol. The van der Waals surface area contributed by atoms with E-state index in [0.29, 0.717) is 5.75 Å². The van der Waals surface area contributed by atoms with Gasteiger partial charge in [0.05, 0.1) is 6.61 Å². The first kappa shape index (κ1) is 20.7. The molecule has 1 heterocycles. The number of thiophene rings is 1. The average Bonchev–Trinajstić information content (AvgIpc) is 3.13. The number of hydrogen-bond donors (Lipinski definition) is 1. The summed E-state index contributed by atoms with van der Waals surface area (Å²) >= 11 is 1.72. The van der Waals surface area contributed by atoms with E-state index in [-0.39, 0.29) is 38.9 Å². The number of aliphatic hydroxyl groups is 1. The predicted octanol–water partition coefficient (Wildman–Crippen LogP) is 6.70. The van der Waals surface area contributed by atoms with E-state index < -0.39 is 5.92 Å². The molecule has 0 radical (unpaired) electrons. The molecule has 2 nitrogen and oxygen atoms in total. The van der Waals surface area contributed by atoms with Crippen LogP contribution in [-0.2, 0) is 6.42 Å². The fourth-order valence-electron chi connectivity index (χ4n) is 3.29. The molecule has 0 aliphatic heterocycles. The lowest BCUT2D eigenvalue weighted by Crippen LogP contribution is -2.17. The summed E-state index contributed by atoms with van der Waals surface area (Å²) in [5.41, 5.74) is 2.59. The summed E-state index contributed by atoms with van der Waals surface area (Å²) in [5.74, 6) is -2.02. The fourth-order valence-corrected chi connectivity index (χ4v) is 4.44. The molecule has 0 amide bonds. The summed E-state index contributed by atoms with van der Waals surface area (Å²) in [5, 5.41) is 9.84. The van der Waals surface area contributed by atoms with Gasteiger partial charge in [-0.3, -0.25) is 0 Å². The van der Waals surface area contributed by atoms with Crippen LogP contribution in [0.2, 0.25) is 0 Å². The summed E-state index contributed by atoms with van der Waals surface area (Å²) in [7, 11) is 0. The molecule has 2 aromatic carbocycles. The second-order valence-corrected chi connectivity index (χ2v) is 8.04. The van der Waals surface area contributed by atoms with Crippen molar-refractivity contribution in [1.29, 1.82) is 0 Å². The zero-order valence-electron chi connectivity index (χ0n) is 16.1. The van der Waals surface area contributed by atoms with Crippen LogP contribution in [0.15, 0.2) is 48.5 Å². The molecule has 3 aromatic rings. The summed E-state index contributed by atoms with van der Waals surface area (Å²) in [6.45, 7) is 2.22. The lowest BCUT2D eigenvalue weighted by molar-refractivity contribution is -0.0254. The molecular formula is C23H26F2O2S. The minimum Gasteiger partial charge on any atom is -0.494 e. The van der Waals surface area contributed by atoms with Gasteiger partial charge >= 0.3 is 0 Å². The van der Waals surface area contributed by atoms with Crippen LogP contribution in [0.1, 0.15) is 38.2 Å². The van der Waals surface area contributed by atoms with Crippen molar-refractivity contribution in [2.75, 3.05) is 13.2 Å². The van der Waals surface area contributed by atoms with Gasteiger partial charge in [0.15, 0.2) is 0 Å². The normalized spacial score (nSPS) is 11.9. The van der Waals surface area contributed by atoms with E-state index >= 15 is 0 Å². The van der Waals surface area contributed by atoms with Crippen molar-refractivity contribution in [3.63, 3.8) is 0 Å². The lowest BCUT2D eigenvalue weighted by atomic mass is 10.0. The monoisotopic (exact) mass is 404 g/mol. The number of hydrogen-bond acceptors (Lipinski definition) is 3. The van der Waals surface area contributed by atoms with Gasteiger partial charge in [-0.2, -0.15) is 0 Å². The summed E-state index contributed by atoms with van der Waals surface area (Å²) in [6.07, 6.45) is 0.920. The maximum absolute atomic E-state index is 13.6. The molecule has 0 saturated heterocycles. The van der Waals surface area contributed by atoms with E-state index in [1.807, 2.05) is 18.2 Å². The Balaban J connectivity index is 1.63. The highest BCUT2D eigenvalue weighted by Gasteiger charge is 2.27. The molecule has 0 unspecified atom stereocenters. The molecule has 0 atom stereocenters. The third-order valence-corrected chi connectivity index (χ3v) is 5.94. The van der Waals surface area contributed by atoms with Crippen LogP contribution in [-0.4, -0.2) is 24.2 Å². The maximum atomic E-state index is 13.6. The number of aliphatic hydroxyl groups excluding tert-OH is 1. The number of halogens is 2. The number of fused-ring (bicyclic) bond motifs is 1. The van der Waals surface area contributed by atoms with Crippen LogP contribution >= 0.6 is 11.3 Å². The van der Waals surface area contributed by atoms with Crippen molar-refractivity contribution in [2.24, 2.45) is 0 Å². The minimum atomic E-state index is -2.73. The number of benzene rings is 2. The molecule has 0 aliphatic rings. The molecule has 3 rings (SSSR count). The second-order valence-electron chi connectivity index (χ2n) is 6.96. The van der Waals surface area contributed by atoms with Gasteiger partial charge in [0.2, 0.25) is 5.92 Å². The number of rotatable bonds is 10. The van der Waals surface area contributed by atoms with Crippen molar-refractivity contribution in [3.8, 4) is 16.2 Å². The van der Waals surface area contributed by atoms with E-state index in [1.165, 1.54) is 16.0 Å². The summed E-state index contributed by atoms with van der Waals surface area (Å²) in [4.78, 5) is 1.23. The van der Waals surface area contributed by atoms with Crippen molar-refractivity contribution < 1.29 is 18.6 Å². The molecule has 0 aliphatic carbocycles. The van der Waals surface area contributed by atoms with Gasteiger partial charge in [-0.15, -0.1) is 11.3 Å². The topological polar surface area (TPSA) is 29.5 Å². The zero-order chi connectivity index (χ0) is 20.0. The van der Waals surface area contributed by atoms with Gasteiger partial charge in [0.1, 0.15) is 5.75 Å². The Kier molecular flexibility index (Phi) is 7.03. The average molecular weight is 405 g/mol. The highest BCUT2D eigenvalue weighted by molar-refractivity contribution is 7.22. The molecule has 0 fully saturated rings. The smallest absolute Gasteiger partial charge is 0.248 e. The van der Waals surface area contributed by atoms with Crippen LogP contribution in [0, 0.1) is 0 Å². The molecule has 1 aromatic heterocycles. The molecule has 0 saturated carbocycles. The minimum absolute atomic E-state index is 0.131. The van der Waals surface area contributed by atoms with Gasteiger partial charge in [0.25, 0.3) is 0 Å². The van der Waals surface area contributed by atoms with Crippen molar-refractivity contribution in [3.05, 3.63) is 54.1 Å². The quantitative estimate of drug-likeness (QED) is 0.381. The number of alkyl halides is 2. The molecule has 0 spiro atoms. The number of ether oxygens (including phenoxy) is 1. The van der Waals surface area contributed by atoms with Gasteiger partial charge in [-0.1, -0.05) is 31.2 Å². The Hall–Kier alpha value is -1.98. The van der Waals surface area contributed by atoms with Crippen molar-refractivity contribution in [1.82, 2.24) is 0 Å². The van der Waals surface area contributed by atoms with E-state index in [2.05, 4.69) is 37.3 Å². The Morgan fingerprint density at radius 2 is 1.82 bits per heavy atom. The van der Waals surface area contributed by atoms with Crippen molar-refractivity contribution >= 4 is 21.4 Å². The molecule has 0 bridgehead atoms. The third kappa shape index (κ3) is 5.30. The Labute approximate surface area is 168 Å². The fraction of sp³-hybridized carbons (Fsp3) is 0.391. The first-order chi connectivity index (χ1) is 13.5. The van der Waals surface area contributed by atoms with Crippen LogP contribution in [0.5, 0.6) is 5.75 Å².